The fourth-order valence-electron chi connectivity index (χ4n) is 2.21. The van der Waals surface area contributed by atoms with Gasteiger partial charge in [-0.3, -0.25) is 15.1 Å². The summed E-state index contributed by atoms with van der Waals surface area (Å²) in [5, 5.41) is 6.54. The Morgan fingerprint density at radius 1 is 1.12 bits per heavy atom. The molecule has 0 spiro atoms. The van der Waals surface area contributed by atoms with Crippen LogP contribution in [0.25, 0.3) is 5.65 Å². The summed E-state index contributed by atoms with van der Waals surface area (Å²) in [5.41, 5.74) is 7.31. The number of anilines is 2. The van der Waals surface area contributed by atoms with E-state index in [0.29, 0.717) is 16.5 Å². The van der Waals surface area contributed by atoms with Gasteiger partial charge in [-0.2, -0.15) is 0 Å². The van der Waals surface area contributed by atoms with Gasteiger partial charge in [-0.25, -0.2) is 15.2 Å². The fourth-order valence-corrected chi connectivity index (χ4v) is 2.51. The predicted octanol–water partition coefficient (Wildman–Crippen LogP) is 3.32. The van der Waals surface area contributed by atoms with Gasteiger partial charge in [-0.15, -0.1) is 0 Å². The lowest BCUT2D eigenvalue weighted by molar-refractivity contribution is 0.250. The molecule has 0 saturated carbocycles. The molecule has 0 aliphatic carbocycles. The van der Waals surface area contributed by atoms with E-state index < -0.39 is 6.03 Å². The number of nitrogens with zero attached hydrogens (tertiary/aromatic N) is 2. The van der Waals surface area contributed by atoms with Crippen molar-refractivity contribution in [1.29, 1.82) is 0 Å². The van der Waals surface area contributed by atoms with Crippen molar-refractivity contribution in [2.45, 2.75) is 6.92 Å². The van der Waals surface area contributed by atoms with Gasteiger partial charge in [0.15, 0.2) is 5.11 Å². The van der Waals surface area contributed by atoms with Crippen LogP contribution in [-0.2, 0) is 0 Å². The first-order valence-electron chi connectivity index (χ1n) is 7.36. The van der Waals surface area contributed by atoms with Gasteiger partial charge in [-0.05, 0) is 55.5 Å². The molecule has 9 heteroatoms. The summed E-state index contributed by atoms with van der Waals surface area (Å²) in [4.78, 5) is 16.5. The summed E-state index contributed by atoms with van der Waals surface area (Å²) in [6.45, 7) is 1.82. The zero-order valence-corrected chi connectivity index (χ0v) is 14.8. The quantitative estimate of drug-likeness (QED) is 0.408. The first kappa shape index (κ1) is 17.0. The minimum absolute atomic E-state index is 0.243. The maximum absolute atomic E-state index is 12.1. The fraction of sp³-hybridized carbons (Fsp3) is 0.0625. The van der Waals surface area contributed by atoms with Crippen LogP contribution in [0.5, 0.6) is 0 Å². The molecular weight excluding hydrogens is 360 g/mol. The number of amides is 2. The normalized spacial score (nSPS) is 10.3. The van der Waals surface area contributed by atoms with Crippen molar-refractivity contribution in [2.75, 3.05) is 10.6 Å². The number of hydrazine groups is 1. The smallest absolute Gasteiger partial charge is 0.331 e. The second-order valence-electron chi connectivity index (χ2n) is 5.14. The Morgan fingerprint density at radius 3 is 2.64 bits per heavy atom. The van der Waals surface area contributed by atoms with E-state index >= 15 is 0 Å². The van der Waals surface area contributed by atoms with Crippen molar-refractivity contribution in [3.63, 3.8) is 0 Å². The van der Waals surface area contributed by atoms with Gasteiger partial charge in [0.05, 0.1) is 5.69 Å². The molecule has 0 atom stereocenters. The van der Waals surface area contributed by atoms with Gasteiger partial charge in [0.25, 0.3) is 0 Å². The zero-order chi connectivity index (χ0) is 17.8. The van der Waals surface area contributed by atoms with E-state index in [1.165, 1.54) is 0 Å². The molecular formula is C16H15ClN6OS. The molecule has 2 aromatic heterocycles. The maximum atomic E-state index is 12.1. The van der Waals surface area contributed by atoms with Crippen molar-refractivity contribution >= 4 is 52.1 Å². The molecule has 0 radical (unpaired) electrons. The van der Waals surface area contributed by atoms with Gasteiger partial charge >= 0.3 is 6.03 Å². The van der Waals surface area contributed by atoms with Crippen molar-refractivity contribution in [3.05, 3.63) is 59.4 Å². The molecule has 0 unspecified atom stereocenters. The molecule has 0 saturated heterocycles. The number of pyridine rings is 1. The monoisotopic (exact) mass is 374 g/mol. The highest BCUT2D eigenvalue weighted by atomic mass is 35.5. The lowest BCUT2D eigenvalue weighted by atomic mass is 10.3. The van der Waals surface area contributed by atoms with Crippen molar-refractivity contribution in [2.24, 2.45) is 0 Å². The number of hydrogen-bond donors (Lipinski definition) is 4. The first-order valence-corrected chi connectivity index (χ1v) is 8.15. The largest absolute Gasteiger partial charge is 0.339 e. The minimum Gasteiger partial charge on any atom is -0.331 e. The Kier molecular flexibility index (Phi) is 5.01. The number of carbonyl (C=O) groups is 1. The molecule has 0 fully saturated rings. The summed E-state index contributed by atoms with van der Waals surface area (Å²) in [7, 11) is 0. The zero-order valence-electron chi connectivity index (χ0n) is 13.2. The Balaban J connectivity index is 1.56. The molecule has 1 aromatic carbocycles. The Morgan fingerprint density at radius 2 is 1.88 bits per heavy atom. The molecule has 7 nitrogen and oxygen atoms in total. The van der Waals surface area contributed by atoms with Crippen LogP contribution in [0.2, 0.25) is 5.02 Å². The number of nitrogens with one attached hydrogen (secondary N) is 4. The number of rotatable bonds is 2. The highest BCUT2D eigenvalue weighted by molar-refractivity contribution is 7.80. The third kappa shape index (κ3) is 4.17. The van der Waals surface area contributed by atoms with E-state index in [2.05, 4.69) is 26.5 Å². The van der Waals surface area contributed by atoms with E-state index in [1.54, 1.807) is 28.7 Å². The number of hydrogen-bond acceptors (Lipinski definition) is 3. The Bertz CT molecular complexity index is 924. The first-order chi connectivity index (χ1) is 12.0. The third-order valence-electron chi connectivity index (χ3n) is 3.33. The topological polar surface area (TPSA) is 82.5 Å². The number of urea groups is 1. The van der Waals surface area contributed by atoms with E-state index in [0.717, 1.165) is 11.3 Å². The summed E-state index contributed by atoms with van der Waals surface area (Å²) in [5.74, 6) is 0.589. The molecule has 128 valence electrons. The molecule has 2 amide bonds. The Labute approximate surface area is 154 Å². The summed E-state index contributed by atoms with van der Waals surface area (Å²) in [6.07, 6.45) is 1.82. The van der Waals surface area contributed by atoms with Crippen molar-refractivity contribution in [1.82, 2.24) is 20.2 Å². The van der Waals surface area contributed by atoms with Crippen LogP contribution >= 0.6 is 23.8 Å². The predicted molar refractivity (Wildman–Crippen MR) is 103 cm³/mol. The third-order valence-corrected chi connectivity index (χ3v) is 3.78. The SMILES string of the molecule is Cc1nc2ccccn2c1NC(=O)NNC(=S)Nc1ccc(Cl)cc1. The molecule has 3 aromatic rings. The second kappa shape index (κ2) is 7.37. The van der Waals surface area contributed by atoms with Crippen LogP contribution in [0.3, 0.4) is 0 Å². The average molecular weight is 375 g/mol. The molecule has 0 aliphatic heterocycles. The Hall–Kier alpha value is -2.84. The number of carbonyl (C=O) groups excluding carboxylic acids is 1. The van der Waals surface area contributed by atoms with Crippen LogP contribution in [0.4, 0.5) is 16.3 Å². The number of thiocarbonyl (C=S) groups is 1. The standard InChI is InChI=1S/C16H15ClN6OS/c1-10-14(23-9-3-2-4-13(23)18-10)20-15(24)21-22-16(25)19-12-7-5-11(17)6-8-12/h2-9H,1H3,(H2,19,22,25)(H2,20,21,24). The average Bonchev–Trinajstić information content (AvgIpc) is 2.91. The van der Waals surface area contributed by atoms with Gasteiger partial charge in [0, 0.05) is 16.9 Å². The van der Waals surface area contributed by atoms with E-state index in [1.807, 2.05) is 31.3 Å². The lowest BCUT2D eigenvalue weighted by Crippen LogP contribution is -2.45. The number of imidazole rings is 1. The lowest BCUT2D eigenvalue weighted by Gasteiger charge is -2.12. The van der Waals surface area contributed by atoms with Crippen LogP contribution in [-0.4, -0.2) is 20.5 Å². The van der Waals surface area contributed by atoms with Gasteiger partial charge < -0.3 is 5.32 Å². The van der Waals surface area contributed by atoms with Crippen LogP contribution in [0.15, 0.2) is 48.7 Å². The molecule has 2 heterocycles. The molecule has 0 aliphatic rings. The highest BCUT2D eigenvalue weighted by Gasteiger charge is 2.11. The van der Waals surface area contributed by atoms with Gasteiger partial charge in [-0.1, -0.05) is 17.7 Å². The van der Waals surface area contributed by atoms with E-state index in [4.69, 9.17) is 23.8 Å². The van der Waals surface area contributed by atoms with Crippen molar-refractivity contribution in [3.8, 4) is 0 Å². The molecule has 0 bridgehead atoms. The number of fused-ring (bicyclic) bond motifs is 1. The number of benzene rings is 1. The number of aromatic nitrogens is 2. The number of aryl methyl sites for hydroxylation is 1. The van der Waals surface area contributed by atoms with E-state index in [-0.39, 0.29) is 5.11 Å². The second-order valence-corrected chi connectivity index (χ2v) is 5.98. The maximum Gasteiger partial charge on any atom is 0.339 e. The van der Waals surface area contributed by atoms with Gasteiger partial charge in [0.2, 0.25) is 0 Å². The number of halogens is 1. The van der Waals surface area contributed by atoms with Crippen LogP contribution in [0, 0.1) is 6.92 Å². The van der Waals surface area contributed by atoms with Crippen molar-refractivity contribution < 1.29 is 4.79 Å². The van der Waals surface area contributed by atoms with Crippen LogP contribution in [0.1, 0.15) is 5.69 Å². The van der Waals surface area contributed by atoms with Crippen LogP contribution < -0.4 is 21.5 Å². The van der Waals surface area contributed by atoms with Gasteiger partial charge in [0.1, 0.15) is 11.5 Å². The molecule has 4 N–H and O–H groups in total. The summed E-state index contributed by atoms with van der Waals surface area (Å²) < 4.78 is 1.79. The minimum atomic E-state index is -0.464. The summed E-state index contributed by atoms with van der Waals surface area (Å²) >= 11 is 10.9. The molecule has 25 heavy (non-hydrogen) atoms. The van der Waals surface area contributed by atoms with E-state index in [9.17, 15) is 4.79 Å². The summed E-state index contributed by atoms with van der Waals surface area (Å²) in [6, 6.07) is 12.2. The highest BCUT2D eigenvalue weighted by Crippen LogP contribution is 2.16. The molecule has 3 rings (SSSR count).